The topological polar surface area (TPSA) is 95.7 Å². The van der Waals surface area contributed by atoms with Crippen LogP contribution in [0.5, 0.6) is 0 Å². The van der Waals surface area contributed by atoms with Gasteiger partial charge in [-0.05, 0) is 13.3 Å². The Hall–Kier alpha value is -1.21. The average molecular weight is 259 g/mol. The predicted molar refractivity (Wildman–Crippen MR) is 66.2 cm³/mol. The van der Waals surface area contributed by atoms with Gasteiger partial charge in [0.2, 0.25) is 0 Å². The minimum Gasteiger partial charge on any atom is -0.393 e. The SMILES string of the molecule is CC(O)C1CCN(C(=O)C(=O)NCC(N)=S)C1. The quantitative estimate of drug-likeness (QED) is 0.429. The summed E-state index contributed by atoms with van der Waals surface area (Å²) in [6, 6.07) is 0. The highest BCUT2D eigenvalue weighted by molar-refractivity contribution is 7.80. The van der Waals surface area contributed by atoms with Gasteiger partial charge in [0.05, 0.1) is 17.6 Å². The van der Waals surface area contributed by atoms with E-state index < -0.39 is 17.9 Å². The Morgan fingerprint density at radius 1 is 1.65 bits per heavy atom. The number of aliphatic hydroxyl groups is 1. The van der Waals surface area contributed by atoms with Crippen molar-refractivity contribution >= 4 is 29.0 Å². The molecule has 1 fully saturated rings. The first kappa shape index (κ1) is 13.9. The molecule has 17 heavy (non-hydrogen) atoms. The van der Waals surface area contributed by atoms with Crippen LogP contribution in [0, 0.1) is 5.92 Å². The fraction of sp³-hybridized carbons (Fsp3) is 0.700. The number of nitrogens with two attached hydrogens (primary N) is 1. The lowest BCUT2D eigenvalue weighted by Gasteiger charge is -2.17. The minimum absolute atomic E-state index is 0.0214. The van der Waals surface area contributed by atoms with Crippen LogP contribution < -0.4 is 11.1 Å². The number of carbonyl (C=O) groups is 2. The molecule has 1 aliphatic heterocycles. The highest BCUT2D eigenvalue weighted by Crippen LogP contribution is 2.19. The zero-order chi connectivity index (χ0) is 13.0. The summed E-state index contributed by atoms with van der Waals surface area (Å²) in [5, 5.41) is 11.7. The molecule has 1 heterocycles. The standard InChI is InChI=1S/C10H17N3O3S/c1-6(14)7-2-3-13(5-7)10(16)9(15)12-4-8(11)17/h6-7,14H,2-5H2,1H3,(H2,11,17)(H,12,15). The summed E-state index contributed by atoms with van der Waals surface area (Å²) in [4.78, 5) is 24.7. The van der Waals surface area contributed by atoms with Crippen molar-refractivity contribution in [1.82, 2.24) is 10.2 Å². The Labute approximate surface area is 105 Å². The molecule has 1 rings (SSSR count). The Morgan fingerprint density at radius 2 is 2.29 bits per heavy atom. The summed E-state index contributed by atoms with van der Waals surface area (Å²) >= 11 is 4.59. The number of aliphatic hydroxyl groups excluding tert-OH is 1. The first-order valence-corrected chi connectivity index (χ1v) is 5.86. The summed E-state index contributed by atoms with van der Waals surface area (Å²) in [7, 11) is 0. The lowest BCUT2D eigenvalue weighted by molar-refractivity contribution is -0.145. The monoisotopic (exact) mass is 259 g/mol. The van der Waals surface area contributed by atoms with Crippen molar-refractivity contribution in [3.8, 4) is 0 Å². The first-order chi connectivity index (χ1) is 7.91. The highest BCUT2D eigenvalue weighted by atomic mass is 32.1. The third kappa shape index (κ3) is 3.94. The number of likely N-dealkylation sites (tertiary alicyclic amines) is 1. The molecule has 96 valence electrons. The summed E-state index contributed by atoms with van der Waals surface area (Å²) in [6.07, 6.45) is 0.249. The Balaban J connectivity index is 2.43. The Morgan fingerprint density at radius 3 is 2.76 bits per heavy atom. The van der Waals surface area contributed by atoms with Gasteiger partial charge in [-0.15, -0.1) is 0 Å². The fourth-order valence-corrected chi connectivity index (χ4v) is 1.82. The molecule has 0 saturated carbocycles. The predicted octanol–water partition coefficient (Wildman–Crippen LogP) is -1.38. The summed E-state index contributed by atoms with van der Waals surface area (Å²) in [5.74, 6) is -1.25. The molecule has 0 aliphatic carbocycles. The molecular weight excluding hydrogens is 242 g/mol. The molecule has 0 aromatic heterocycles. The molecule has 0 spiro atoms. The van der Waals surface area contributed by atoms with Gasteiger partial charge < -0.3 is 21.1 Å². The van der Waals surface area contributed by atoms with Gasteiger partial charge in [0.25, 0.3) is 0 Å². The average Bonchev–Trinajstić information content (AvgIpc) is 2.73. The maximum atomic E-state index is 11.7. The van der Waals surface area contributed by atoms with Crippen molar-refractivity contribution in [1.29, 1.82) is 0 Å². The number of carbonyl (C=O) groups excluding carboxylic acids is 2. The number of nitrogens with zero attached hydrogens (tertiary/aromatic N) is 1. The van der Waals surface area contributed by atoms with Crippen molar-refractivity contribution in [2.45, 2.75) is 19.4 Å². The van der Waals surface area contributed by atoms with Crippen LogP contribution in [0.4, 0.5) is 0 Å². The Kier molecular flexibility index (Phi) is 4.83. The zero-order valence-electron chi connectivity index (χ0n) is 9.68. The van der Waals surface area contributed by atoms with Gasteiger partial charge in [0, 0.05) is 19.0 Å². The highest BCUT2D eigenvalue weighted by Gasteiger charge is 2.31. The number of hydrogen-bond donors (Lipinski definition) is 3. The third-order valence-electron chi connectivity index (χ3n) is 2.81. The van der Waals surface area contributed by atoms with Gasteiger partial charge in [0.15, 0.2) is 0 Å². The molecule has 1 aliphatic rings. The van der Waals surface area contributed by atoms with Crippen molar-refractivity contribution in [2.24, 2.45) is 11.7 Å². The number of thiocarbonyl (C=S) groups is 1. The number of amides is 2. The van der Waals surface area contributed by atoms with Crippen LogP contribution in [-0.4, -0.2) is 52.5 Å². The lowest BCUT2D eigenvalue weighted by atomic mass is 10.0. The first-order valence-electron chi connectivity index (χ1n) is 5.45. The molecule has 0 aromatic rings. The van der Waals surface area contributed by atoms with Gasteiger partial charge >= 0.3 is 11.8 Å². The second kappa shape index (κ2) is 5.92. The van der Waals surface area contributed by atoms with Crippen LogP contribution in [0.1, 0.15) is 13.3 Å². The molecule has 6 nitrogen and oxygen atoms in total. The van der Waals surface area contributed by atoms with E-state index in [2.05, 4.69) is 17.5 Å². The largest absolute Gasteiger partial charge is 0.393 e. The molecule has 2 amide bonds. The second-order valence-electron chi connectivity index (χ2n) is 4.19. The number of nitrogens with one attached hydrogen (secondary N) is 1. The molecule has 0 radical (unpaired) electrons. The zero-order valence-corrected chi connectivity index (χ0v) is 10.5. The summed E-state index contributed by atoms with van der Waals surface area (Å²) in [6.45, 7) is 2.62. The lowest BCUT2D eigenvalue weighted by Crippen LogP contribution is -2.44. The maximum Gasteiger partial charge on any atom is 0.311 e. The van der Waals surface area contributed by atoms with Crippen molar-refractivity contribution in [3.63, 3.8) is 0 Å². The molecular formula is C10H17N3O3S. The van der Waals surface area contributed by atoms with E-state index in [9.17, 15) is 14.7 Å². The van der Waals surface area contributed by atoms with E-state index in [1.165, 1.54) is 4.90 Å². The van der Waals surface area contributed by atoms with Crippen molar-refractivity contribution in [3.05, 3.63) is 0 Å². The van der Waals surface area contributed by atoms with Crippen molar-refractivity contribution < 1.29 is 14.7 Å². The smallest absolute Gasteiger partial charge is 0.311 e. The van der Waals surface area contributed by atoms with E-state index in [0.29, 0.717) is 19.5 Å². The molecule has 4 N–H and O–H groups in total. The third-order valence-corrected chi connectivity index (χ3v) is 2.96. The van der Waals surface area contributed by atoms with E-state index in [1.54, 1.807) is 6.92 Å². The van der Waals surface area contributed by atoms with Gasteiger partial charge in [-0.25, -0.2) is 0 Å². The van der Waals surface area contributed by atoms with Crippen LogP contribution in [-0.2, 0) is 9.59 Å². The van der Waals surface area contributed by atoms with Gasteiger partial charge in [0.1, 0.15) is 0 Å². The summed E-state index contributed by atoms with van der Waals surface area (Å²) in [5.41, 5.74) is 5.21. The molecule has 7 heteroatoms. The molecule has 2 atom stereocenters. The van der Waals surface area contributed by atoms with E-state index in [1.807, 2.05) is 0 Å². The van der Waals surface area contributed by atoms with Crippen LogP contribution in [0.25, 0.3) is 0 Å². The molecule has 1 saturated heterocycles. The fourth-order valence-electron chi connectivity index (χ4n) is 1.75. The van der Waals surface area contributed by atoms with E-state index in [-0.39, 0.29) is 17.5 Å². The molecule has 0 bridgehead atoms. The van der Waals surface area contributed by atoms with E-state index >= 15 is 0 Å². The Bertz CT molecular complexity index is 333. The number of rotatable bonds is 3. The number of hydrogen-bond acceptors (Lipinski definition) is 4. The normalized spacial score (nSPS) is 21.1. The van der Waals surface area contributed by atoms with Crippen LogP contribution in [0.3, 0.4) is 0 Å². The van der Waals surface area contributed by atoms with E-state index in [0.717, 1.165) is 0 Å². The second-order valence-corrected chi connectivity index (χ2v) is 4.71. The minimum atomic E-state index is -0.705. The summed E-state index contributed by atoms with van der Waals surface area (Å²) < 4.78 is 0. The van der Waals surface area contributed by atoms with Crippen molar-refractivity contribution in [2.75, 3.05) is 19.6 Å². The molecule has 0 aromatic carbocycles. The van der Waals surface area contributed by atoms with E-state index in [4.69, 9.17) is 5.73 Å². The van der Waals surface area contributed by atoms with Gasteiger partial charge in [-0.2, -0.15) is 0 Å². The van der Waals surface area contributed by atoms with Crippen LogP contribution in [0.15, 0.2) is 0 Å². The van der Waals surface area contributed by atoms with Crippen LogP contribution >= 0.6 is 12.2 Å². The maximum absolute atomic E-state index is 11.7. The molecule has 2 unspecified atom stereocenters. The van der Waals surface area contributed by atoms with Gasteiger partial charge in [-0.3, -0.25) is 9.59 Å². The van der Waals surface area contributed by atoms with Gasteiger partial charge in [-0.1, -0.05) is 12.2 Å². The van der Waals surface area contributed by atoms with Crippen LogP contribution in [0.2, 0.25) is 0 Å².